The van der Waals surface area contributed by atoms with Crippen LogP contribution in [-0.4, -0.2) is 0 Å². The molecule has 0 unspecified atom stereocenters. The molecule has 0 spiro atoms. The summed E-state index contributed by atoms with van der Waals surface area (Å²) in [6.07, 6.45) is 4.21. The van der Waals surface area contributed by atoms with Crippen molar-refractivity contribution in [2.75, 3.05) is 0 Å². The van der Waals surface area contributed by atoms with Crippen LogP contribution in [0.3, 0.4) is 0 Å². The van der Waals surface area contributed by atoms with Crippen molar-refractivity contribution >= 4 is 16.2 Å². The third kappa shape index (κ3) is 0.809. The maximum absolute atomic E-state index is 2.14. The van der Waals surface area contributed by atoms with Gasteiger partial charge in [-0.15, -0.1) is 0 Å². The Kier molecular flexibility index (Phi) is 1.21. The second-order valence-corrected chi connectivity index (χ2v) is 3.55. The highest BCUT2D eigenvalue weighted by Gasteiger charge is 2.02. The molecule has 0 aliphatic heterocycles. The number of hydrogen-bond donors (Lipinski definition) is 0. The van der Waals surface area contributed by atoms with Gasteiger partial charge >= 0.3 is 0 Å². The van der Waals surface area contributed by atoms with Crippen molar-refractivity contribution in [2.24, 2.45) is 0 Å². The van der Waals surface area contributed by atoms with Crippen LogP contribution in [0.15, 0.2) is 30.6 Å². The quantitative estimate of drug-likeness (QED) is 0.504. The first-order valence-corrected chi connectivity index (χ1v) is 4.04. The van der Waals surface area contributed by atoms with Gasteiger partial charge in [0.05, 0.1) is 4.88 Å². The first-order chi connectivity index (χ1) is 4.86. The molecule has 0 atom stereocenters. The highest BCUT2D eigenvalue weighted by atomic mass is 32.1. The van der Waals surface area contributed by atoms with Crippen molar-refractivity contribution in [3.8, 4) is 0 Å². The van der Waals surface area contributed by atoms with Gasteiger partial charge in [-0.05, 0) is 13.0 Å². The fraction of sp³-hybridized carbons (Fsp3) is 0.125. The maximum Gasteiger partial charge on any atom is 0.267 e. The van der Waals surface area contributed by atoms with Crippen LogP contribution < -0.4 is 4.40 Å². The van der Waals surface area contributed by atoms with E-state index < -0.39 is 0 Å². The van der Waals surface area contributed by atoms with E-state index in [1.54, 1.807) is 0 Å². The second kappa shape index (κ2) is 2.06. The molecule has 0 N–H and O–H groups in total. The van der Waals surface area contributed by atoms with Crippen LogP contribution in [0.1, 0.15) is 4.88 Å². The lowest BCUT2D eigenvalue weighted by Crippen LogP contribution is -2.15. The summed E-state index contributed by atoms with van der Waals surface area (Å²) in [5.74, 6) is 0. The Labute approximate surface area is 63.6 Å². The molecule has 2 heterocycles. The van der Waals surface area contributed by atoms with Gasteiger partial charge in [0.25, 0.3) is 4.83 Å². The summed E-state index contributed by atoms with van der Waals surface area (Å²) in [7, 11) is 0. The van der Waals surface area contributed by atoms with Gasteiger partial charge in [-0.2, -0.15) is 4.40 Å². The summed E-state index contributed by atoms with van der Waals surface area (Å²) < 4.78 is 2.14. The number of aromatic nitrogens is 1. The summed E-state index contributed by atoms with van der Waals surface area (Å²) in [5.41, 5.74) is 0. The lowest BCUT2D eigenvalue weighted by Gasteiger charge is -1.75. The van der Waals surface area contributed by atoms with Crippen LogP contribution in [0.25, 0.3) is 4.83 Å². The third-order valence-corrected chi connectivity index (χ3v) is 2.42. The largest absolute Gasteiger partial charge is 0.267 e. The standard InChI is InChI=1S/C8H8NS/c1-7-6-9-5-3-2-4-8(9)10-7/h2-6H,1H3/q+1. The fourth-order valence-electron chi connectivity index (χ4n) is 1.02. The Morgan fingerprint density at radius 1 is 1.40 bits per heavy atom. The topological polar surface area (TPSA) is 4.10 Å². The zero-order valence-corrected chi connectivity index (χ0v) is 6.56. The SMILES string of the molecule is Cc1c[n+]2ccccc2s1. The Balaban J connectivity index is 2.88. The van der Waals surface area contributed by atoms with Crippen LogP contribution in [0, 0.1) is 6.92 Å². The molecule has 2 rings (SSSR count). The molecule has 0 aliphatic rings. The smallest absolute Gasteiger partial charge is 0.157 e. The average Bonchev–Trinajstić information content (AvgIpc) is 2.27. The van der Waals surface area contributed by atoms with E-state index in [0.717, 1.165) is 0 Å². The minimum atomic E-state index is 1.31. The van der Waals surface area contributed by atoms with Crippen molar-refractivity contribution in [1.29, 1.82) is 0 Å². The first kappa shape index (κ1) is 5.86. The number of thiazole rings is 1. The molecule has 0 radical (unpaired) electrons. The second-order valence-electron chi connectivity index (χ2n) is 2.29. The van der Waals surface area contributed by atoms with Gasteiger partial charge in [-0.1, -0.05) is 11.3 Å². The number of fused-ring (bicyclic) bond motifs is 1. The minimum absolute atomic E-state index is 1.31. The summed E-state index contributed by atoms with van der Waals surface area (Å²) in [6, 6.07) is 6.22. The Morgan fingerprint density at radius 3 is 3.10 bits per heavy atom. The first-order valence-electron chi connectivity index (χ1n) is 3.23. The highest BCUT2D eigenvalue weighted by Crippen LogP contribution is 2.09. The van der Waals surface area contributed by atoms with Crippen LogP contribution in [0.5, 0.6) is 0 Å². The molecule has 0 amide bonds. The van der Waals surface area contributed by atoms with E-state index in [9.17, 15) is 0 Å². The molecule has 2 aromatic heterocycles. The van der Waals surface area contributed by atoms with Gasteiger partial charge in [0, 0.05) is 12.1 Å². The molecular weight excluding hydrogens is 142 g/mol. The predicted octanol–water partition coefficient (Wildman–Crippen LogP) is 1.80. The Hall–Kier alpha value is -0.890. The number of rotatable bonds is 0. The van der Waals surface area contributed by atoms with Gasteiger partial charge in [0.2, 0.25) is 0 Å². The van der Waals surface area contributed by atoms with E-state index in [0.29, 0.717) is 0 Å². The highest BCUT2D eigenvalue weighted by molar-refractivity contribution is 7.16. The van der Waals surface area contributed by atoms with Crippen molar-refractivity contribution in [3.63, 3.8) is 0 Å². The number of aryl methyl sites for hydroxylation is 1. The maximum atomic E-state index is 2.14. The molecule has 2 heteroatoms. The summed E-state index contributed by atoms with van der Waals surface area (Å²) in [4.78, 5) is 2.66. The van der Waals surface area contributed by atoms with Crippen molar-refractivity contribution in [3.05, 3.63) is 35.5 Å². The summed E-state index contributed by atoms with van der Waals surface area (Å²) in [5, 5.41) is 0. The van der Waals surface area contributed by atoms with E-state index in [1.165, 1.54) is 9.71 Å². The molecule has 0 aliphatic carbocycles. The predicted molar refractivity (Wildman–Crippen MR) is 42.2 cm³/mol. The lowest BCUT2D eigenvalue weighted by atomic mass is 10.5. The van der Waals surface area contributed by atoms with Gasteiger partial charge in [0.1, 0.15) is 0 Å². The molecule has 0 bridgehead atoms. The summed E-state index contributed by atoms with van der Waals surface area (Å²) >= 11 is 1.82. The van der Waals surface area contributed by atoms with Crippen molar-refractivity contribution in [2.45, 2.75) is 6.92 Å². The van der Waals surface area contributed by atoms with Crippen LogP contribution in [0.2, 0.25) is 0 Å². The van der Waals surface area contributed by atoms with Gasteiger partial charge < -0.3 is 0 Å². The minimum Gasteiger partial charge on any atom is -0.157 e. The van der Waals surface area contributed by atoms with Gasteiger partial charge in [-0.25, -0.2) is 0 Å². The van der Waals surface area contributed by atoms with Crippen molar-refractivity contribution < 1.29 is 4.40 Å². The van der Waals surface area contributed by atoms with E-state index in [1.807, 2.05) is 17.4 Å². The van der Waals surface area contributed by atoms with Gasteiger partial charge in [-0.3, -0.25) is 0 Å². The third-order valence-electron chi connectivity index (χ3n) is 1.44. The van der Waals surface area contributed by atoms with Gasteiger partial charge in [0.15, 0.2) is 12.4 Å². The number of nitrogens with zero attached hydrogens (tertiary/aromatic N) is 1. The molecule has 0 aromatic carbocycles. The zero-order chi connectivity index (χ0) is 6.97. The molecule has 50 valence electrons. The van der Waals surface area contributed by atoms with E-state index in [4.69, 9.17) is 0 Å². The van der Waals surface area contributed by atoms with Crippen LogP contribution in [0.4, 0.5) is 0 Å². The average molecular weight is 150 g/mol. The van der Waals surface area contributed by atoms with Crippen LogP contribution in [-0.2, 0) is 0 Å². The van der Waals surface area contributed by atoms with E-state index in [-0.39, 0.29) is 0 Å². The fourth-order valence-corrected chi connectivity index (χ4v) is 1.88. The molecule has 0 saturated heterocycles. The van der Waals surface area contributed by atoms with Crippen molar-refractivity contribution in [1.82, 2.24) is 0 Å². The molecule has 1 nitrogen and oxygen atoms in total. The molecule has 10 heavy (non-hydrogen) atoms. The Morgan fingerprint density at radius 2 is 2.30 bits per heavy atom. The zero-order valence-electron chi connectivity index (χ0n) is 5.74. The Bertz CT molecular complexity index is 318. The van der Waals surface area contributed by atoms with E-state index >= 15 is 0 Å². The van der Waals surface area contributed by atoms with E-state index in [2.05, 4.69) is 35.9 Å². The monoisotopic (exact) mass is 150 g/mol. The lowest BCUT2D eigenvalue weighted by molar-refractivity contribution is -0.507. The number of hydrogen-bond acceptors (Lipinski definition) is 1. The normalized spacial score (nSPS) is 10.5. The summed E-state index contributed by atoms with van der Waals surface area (Å²) in [6.45, 7) is 2.12. The molecular formula is C8H8NS+. The molecule has 2 aromatic rings. The molecule has 0 fully saturated rings. The number of pyridine rings is 1. The van der Waals surface area contributed by atoms with Crippen LogP contribution >= 0.6 is 11.3 Å². The molecule has 0 saturated carbocycles.